The highest BCUT2D eigenvalue weighted by Gasteiger charge is 2.46. The second-order valence-electron chi connectivity index (χ2n) is 11.8. The third-order valence-electron chi connectivity index (χ3n) is 8.10. The minimum atomic E-state index is -1.85. The minimum absolute atomic E-state index is 0.0262. The Balaban J connectivity index is 1.91. The topological polar surface area (TPSA) is 23.6 Å². The zero-order valence-electron chi connectivity index (χ0n) is 22.5. The van der Waals surface area contributed by atoms with E-state index in [0.29, 0.717) is 0 Å². The van der Waals surface area contributed by atoms with Crippen LogP contribution in [0.15, 0.2) is 72.8 Å². The van der Waals surface area contributed by atoms with Crippen LogP contribution in [-0.4, -0.2) is 13.1 Å². The van der Waals surface area contributed by atoms with E-state index in [0.717, 1.165) is 37.3 Å². The zero-order valence-corrected chi connectivity index (χ0v) is 23.4. The first kappa shape index (κ1) is 24.8. The first-order valence-electron chi connectivity index (χ1n) is 13.2. The van der Waals surface area contributed by atoms with Gasteiger partial charge in [-0.3, -0.25) is 0 Å². The van der Waals surface area contributed by atoms with Gasteiger partial charge in [0.2, 0.25) is 0 Å². The van der Waals surface area contributed by atoms with Gasteiger partial charge in [-0.1, -0.05) is 102 Å². The summed E-state index contributed by atoms with van der Waals surface area (Å²) >= 11 is 0. The minimum Gasteiger partial charge on any atom is -0.144 e. The Bertz CT molecular complexity index is 1350. The lowest BCUT2D eigenvalue weighted by atomic mass is 9.87. The Morgan fingerprint density at radius 2 is 1.00 bits per heavy atom. The third kappa shape index (κ3) is 4.28. The second-order valence-corrected chi connectivity index (χ2v) is 13.2. The Morgan fingerprint density at radius 3 is 1.39 bits per heavy atom. The van der Waals surface area contributed by atoms with Crippen LogP contribution in [0.2, 0.25) is 0 Å². The van der Waals surface area contributed by atoms with E-state index >= 15 is 0 Å². The van der Waals surface area contributed by atoms with Gasteiger partial charge >= 0.3 is 8.10 Å². The average molecular weight is 498 g/mol. The summed E-state index contributed by atoms with van der Waals surface area (Å²) in [7, 11) is -1.85. The molecule has 0 radical (unpaired) electrons. The van der Waals surface area contributed by atoms with E-state index in [1.54, 1.807) is 0 Å². The lowest BCUT2D eigenvalue weighted by molar-refractivity contribution is 0.359. The van der Waals surface area contributed by atoms with Crippen molar-refractivity contribution >= 4 is 41.0 Å². The number of rotatable bonds is 6. The average Bonchev–Trinajstić information content (AvgIpc) is 2.97. The maximum atomic E-state index is 14.7. The summed E-state index contributed by atoms with van der Waals surface area (Å²) in [5.74, 6) is 0. The van der Waals surface area contributed by atoms with E-state index in [4.69, 9.17) is 0 Å². The van der Waals surface area contributed by atoms with Crippen molar-refractivity contribution in [2.75, 3.05) is 22.4 Å². The molecular weight excluding hydrogens is 459 g/mol. The molecule has 0 aliphatic carbocycles. The molecule has 0 bridgehead atoms. The maximum absolute atomic E-state index is 14.7. The largest absolute Gasteiger partial charge is 0.595 e. The fraction of sp³-hybridized carbons (Fsp3) is 0.375. The van der Waals surface area contributed by atoms with E-state index in [-0.39, 0.29) is 10.8 Å². The summed E-state index contributed by atoms with van der Waals surface area (Å²) < 4.78 is 19.1. The van der Waals surface area contributed by atoms with Crippen LogP contribution in [0.25, 0.3) is 32.7 Å². The van der Waals surface area contributed by atoms with Crippen LogP contribution >= 0.6 is 8.10 Å². The van der Waals surface area contributed by atoms with Crippen LogP contribution in [-0.2, 0) is 4.57 Å². The number of fused-ring (bicyclic) bond motifs is 7. The summed E-state index contributed by atoms with van der Waals surface area (Å²) in [4.78, 5) is 0. The molecule has 186 valence electrons. The molecule has 0 spiro atoms. The summed E-state index contributed by atoms with van der Waals surface area (Å²) in [5.41, 5.74) is 4.60. The van der Waals surface area contributed by atoms with E-state index < -0.39 is 8.10 Å². The third-order valence-corrected chi connectivity index (χ3v) is 9.64. The standard InChI is InChI=1S/C32H38N2OP/c1-7-31(3,4)21-33-27-19-17-23-13-9-11-15-25(23)29(27)30-26-16-12-10-14-24(26)18-20-28(30)34(36(33)35)22-32(5,6)8-2/h9-20H,7-8,21-22H2,1-6H3/q+1. The number of anilines is 2. The molecule has 5 rings (SSSR count). The molecule has 0 unspecified atom stereocenters. The molecule has 0 fully saturated rings. The van der Waals surface area contributed by atoms with Crippen molar-refractivity contribution in [1.82, 2.24) is 0 Å². The summed E-state index contributed by atoms with van der Waals surface area (Å²) in [6.07, 6.45) is 2.04. The summed E-state index contributed by atoms with van der Waals surface area (Å²) in [6.45, 7) is 15.1. The molecule has 4 aromatic carbocycles. The monoisotopic (exact) mass is 497 g/mol. The van der Waals surface area contributed by atoms with Crippen molar-refractivity contribution in [2.24, 2.45) is 10.8 Å². The van der Waals surface area contributed by atoms with E-state index in [2.05, 4.69) is 124 Å². The predicted octanol–water partition coefficient (Wildman–Crippen LogP) is 9.82. The number of nitrogens with zero attached hydrogens (tertiary/aromatic N) is 2. The first-order chi connectivity index (χ1) is 17.2. The molecule has 1 aliphatic rings. The molecule has 3 nitrogen and oxygen atoms in total. The van der Waals surface area contributed by atoms with Gasteiger partial charge in [0.15, 0.2) is 0 Å². The van der Waals surface area contributed by atoms with Gasteiger partial charge in [0.05, 0.1) is 24.5 Å². The molecule has 0 amide bonds. The fourth-order valence-electron chi connectivity index (χ4n) is 5.12. The molecule has 0 saturated heterocycles. The van der Waals surface area contributed by atoms with Crippen LogP contribution in [0.1, 0.15) is 54.4 Å². The fourth-order valence-corrected chi connectivity index (χ4v) is 7.09. The summed E-state index contributed by atoms with van der Waals surface area (Å²) in [6, 6.07) is 26.1. The van der Waals surface area contributed by atoms with Gasteiger partial charge < -0.3 is 0 Å². The Labute approximate surface area is 217 Å². The van der Waals surface area contributed by atoms with Crippen LogP contribution < -0.4 is 9.34 Å². The Kier molecular flexibility index (Phi) is 6.33. The number of hydrogen-bond donors (Lipinski definition) is 0. The molecule has 4 heteroatoms. The smallest absolute Gasteiger partial charge is 0.144 e. The Morgan fingerprint density at radius 1 is 0.611 bits per heavy atom. The number of hydrogen-bond acceptors (Lipinski definition) is 1. The van der Waals surface area contributed by atoms with Gasteiger partial charge in [0.25, 0.3) is 0 Å². The van der Waals surface area contributed by atoms with Crippen molar-refractivity contribution < 1.29 is 4.57 Å². The zero-order chi connectivity index (χ0) is 25.7. The second kappa shape index (κ2) is 9.20. The van der Waals surface area contributed by atoms with E-state index in [1.165, 1.54) is 32.7 Å². The van der Waals surface area contributed by atoms with Crippen molar-refractivity contribution in [1.29, 1.82) is 0 Å². The van der Waals surface area contributed by atoms with Gasteiger partial charge in [-0.2, -0.15) is 0 Å². The van der Waals surface area contributed by atoms with Gasteiger partial charge in [0.1, 0.15) is 0 Å². The molecule has 0 saturated carbocycles. The van der Waals surface area contributed by atoms with Crippen LogP contribution in [0.3, 0.4) is 0 Å². The van der Waals surface area contributed by atoms with Gasteiger partial charge in [-0.15, -0.1) is 9.34 Å². The summed E-state index contributed by atoms with van der Waals surface area (Å²) in [5, 5.41) is 4.85. The molecule has 1 heterocycles. The Hall–Kier alpha value is -2.90. The normalized spacial score (nSPS) is 14.2. The molecule has 0 aromatic heterocycles. The predicted molar refractivity (Wildman–Crippen MR) is 157 cm³/mol. The molecule has 1 aliphatic heterocycles. The van der Waals surface area contributed by atoms with Gasteiger partial charge in [-0.25, -0.2) is 0 Å². The molecular formula is C32H38N2OP+. The molecule has 0 atom stereocenters. The van der Waals surface area contributed by atoms with Crippen LogP contribution in [0.5, 0.6) is 0 Å². The SMILES string of the molecule is CCC(C)(C)CN1c2ccc3ccccc3c2-c2c(ccc3ccccc23)N(CC(C)(C)CC)[P+]1=O. The lowest BCUT2D eigenvalue weighted by Gasteiger charge is -2.30. The molecule has 36 heavy (non-hydrogen) atoms. The van der Waals surface area contributed by atoms with Crippen molar-refractivity contribution in [2.45, 2.75) is 54.4 Å². The van der Waals surface area contributed by atoms with Crippen molar-refractivity contribution in [3.63, 3.8) is 0 Å². The molecule has 4 aromatic rings. The van der Waals surface area contributed by atoms with Crippen molar-refractivity contribution in [3.05, 3.63) is 72.8 Å². The maximum Gasteiger partial charge on any atom is 0.595 e. The highest BCUT2D eigenvalue weighted by atomic mass is 31.1. The van der Waals surface area contributed by atoms with Crippen LogP contribution in [0, 0.1) is 10.8 Å². The first-order valence-corrected chi connectivity index (χ1v) is 14.4. The quantitative estimate of drug-likeness (QED) is 0.248. The highest BCUT2D eigenvalue weighted by Crippen LogP contribution is 2.56. The lowest BCUT2D eigenvalue weighted by Crippen LogP contribution is -2.36. The van der Waals surface area contributed by atoms with Crippen molar-refractivity contribution in [3.8, 4) is 11.1 Å². The van der Waals surface area contributed by atoms with Crippen LogP contribution in [0.4, 0.5) is 11.4 Å². The van der Waals surface area contributed by atoms with Gasteiger partial charge in [0, 0.05) is 11.1 Å². The van der Waals surface area contributed by atoms with E-state index in [1.807, 2.05) is 0 Å². The number of benzene rings is 4. The van der Waals surface area contributed by atoms with E-state index in [9.17, 15) is 4.57 Å². The van der Waals surface area contributed by atoms with Gasteiger partial charge in [-0.05, 0) is 61.9 Å². The highest BCUT2D eigenvalue weighted by molar-refractivity contribution is 7.48. The molecule has 0 N–H and O–H groups in total.